The van der Waals surface area contributed by atoms with Gasteiger partial charge >= 0.3 is 0 Å². The maximum Gasteiger partial charge on any atom is 0.169 e. The van der Waals surface area contributed by atoms with Crippen molar-refractivity contribution in [1.82, 2.24) is 24.7 Å². The number of anilines is 1. The van der Waals surface area contributed by atoms with Crippen molar-refractivity contribution in [1.29, 1.82) is 0 Å². The second kappa shape index (κ2) is 5.48. The summed E-state index contributed by atoms with van der Waals surface area (Å²) in [5.41, 5.74) is 3.08. The second-order valence-corrected chi connectivity index (χ2v) is 4.40. The molecule has 1 aromatic carbocycles. The Hall–Kier alpha value is -2.76. The quantitative estimate of drug-likeness (QED) is 0.781. The number of benzene rings is 1. The van der Waals surface area contributed by atoms with E-state index >= 15 is 0 Å². The van der Waals surface area contributed by atoms with Gasteiger partial charge in [-0.05, 0) is 17.7 Å². The third kappa shape index (κ3) is 2.80. The first-order chi connectivity index (χ1) is 9.81. The molecule has 6 nitrogen and oxygen atoms in total. The molecule has 0 saturated heterocycles. The molecule has 20 heavy (non-hydrogen) atoms. The summed E-state index contributed by atoms with van der Waals surface area (Å²) < 4.78 is 1.69. The van der Waals surface area contributed by atoms with Gasteiger partial charge in [-0.3, -0.25) is 4.68 Å². The molecule has 3 rings (SSSR count). The third-order valence-electron chi connectivity index (χ3n) is 2.85. The highest BCUT2D eigenvalue weighted by Gasteiger charge is 2.01. The summed E-state index contributed by atoms with van der Waals surface area (Å²) in [7, 11) is 1.85. The Bertz CT molecular complexity index is 692. The van der Waals surface area contributed by atoms with Gasteiger partial charge in [0.15, 0.2) is 5.82 Å². The first kappa shape index (κ1) is 12.3. The molecule has 2 aromatic heterocycles. The van der Waals surface area contributed by atoms with Gasteiger partial charge in [-0.15, -0.1) is 0 Å². The van der Waals surface area contributed by atoms with Crippen molar-refractivity contribution in [3.63, 3.8) is 0 Å². The van der Waals surface area contributed by atoms with Gasteiger partial charge in [-0.1, -0.05) is 12.1 Å². The van der Waals surface area contributed by atoms with E-state index in [2.05, 4.69) is 31.4 Å². The lowest BCUT2D eigenvalue weighted by molar-refractivity contribution is 0.747. The van der Waals surface area contributed by atoms with Crippen LogP contribution in [0.1, 0.15) is 5.82 Å². The molecular weight excluding hydrogens is 252 g/mol. The molecule has 0 aliphatic carbocycles. The molecule has 0 amide bonds. The Morgan fingerprint density at radius 1 is 1.15 bits per heavy atom. The lowest BCUT2D eigenvalue weighted by atomic mass is 10.1. The number of rotatable bonds is 4. The smallest absolute Gasteiger partial charge is 0.169 e. The summed E-state index contributed by atoms with van der Waals surface area (Å²) in [5.74, 6) is 0.765. The Labute approximate surface area is 116 Å². The van der Waals surface area contributed by atoms with Crippen LogP contribution in [0.15, 0.2) is 49.3 Å². The van der Waals surface area contributed by atoms with Gasteiger partial charge in [0.2, 0.25) is 0 Å². The van der Waals surface area contributed by atoms with E-state index in [1.54, 1.807) is 23.4 Å². The summed E-state index contributed by atoms with van der Waals surface area (Å²) in [6.45, 7) is 0.593. The summed E-state index contributed by atoms with van der Waals surface area (Å²) in [6, 6.07) is 8.09. The predicted molar refractivity (Wildman–Crippen MR) is 75.8 cm³/mol. The molecule has 0 aliphatic rings. The van der Waals surface area contributed by atoms with Crippen LogP contribution in [-0.2, 0) is 13.6 Å². The minimum Gasteiger partial charge on any atom is -0.378 e. The van der Waals surface area contributed by atoms with E-state index in [0.29, 0.717) is 6.54 Å². The second-order valence-electron chi connectivity index (χ2n) is 4.40. The van der Waals surface area contributed by atoms with Crippen molar-refractivity contribution in [2.75, 3.05) is 5.32 Å². The van der Waals surface area contributed by atoms with Gasteiger partial charge in [0.25, 0.3) is 0 Å². The molecule has 0 aliphatic heterocycles. The zero-order valence-electron chi connectivity index (χ0n) is 11.1. The van der Waals surface area contributed by atoms with Gasteiger partial charge in [0.05, 0.1) is 6.54 Å². The third-order valence-corrected chi connectivity index (χ3v) is 2.85. The van der Waals surface area contributed by atoms with Crippen LogP contribution in [0.2, 0.25) is 0 Å². The zero-order valence-corrected chi connectivity index (χ0v) is 11.1. The lowest BCUT2D eigenvalue weighted by Gasteiger charge is -2.06. The molecule has 100 valence electrons. The molecule has 1 N–H and O–H groups in total. The minimum absolute atomic E-state index is 0.593. The van der Waals surface area contributed by atoms with E-state index in [-0.39, 0.29) is 0 Å². The van der Waals surface area contributed by atoms with Crippen LogP contribution >= 0.6 is 0 Å². The van der Waals surface area contributed by atoms with Gasteiger partial charge in [-0.25, -0.2) is 15.0 Å². The Morgan fingerprint density at radius 2 is 2.00 bits per heavy atom. The highest BCUT2D eigenvalue weighted by atomic mass is 15.3. The number of hydrogen-bond acceptors (Lipinski definition) is 5. The standard InChI is InChI=1S/C14H14N6/c1-20-10-18-14(19-20)8-17-13-4-2-3-11(5-13)12-6-15-9-16-7-12/h2-7,9-10,17H,8H2,1H3. The van der Waals surface area contributed by atoms with E-state index in [1.165, 1.54) is 6.33 Å². The van der Waals surface area contributed by atoms with Crippen LogP contribution in [0.4, 0.5) is 5.69 Å². The van der Waals surface area contributed by atoms with Crippen molar-refractivity contribution in [2.24, 2.45) is 7.05 Å². The number of nitrogens with zero attached hydrogens (tertiary/aromatic N) is 5. The normalized spacial score (nSPS) is 10.4. The first-order valence-corrected chi connectivity index (χ1v) is 6.25. The molecule has 3 aromatic rings. The fourth-order valence-corrected chi connectivity index (χ4v) is 1.90. The van der Waals surface area contributed by atoms with E-state index in [4.69, 9.17) is 0 Å². The van der Waals surface area contributed by atoms with Gasteiger partial charge in [-0.2, -0.15) is 5.10 Å². The van der Waals surface area contributed by atoms with Gasteiger partial charge in [0.1, 0.15) is 12.7 Å². The van der Waals surface area contributed by atoms with Crippen molar-refractivity contribution in [3.8, 4) is 11.1 Å². The molecule has 0 spiro atoms. The summed E-state index contributed by atoms with van der Waals surface area (Å²) in [6.07, 6.45) is 6.81. The molecular formula is C14H14N6. The molecule has 0 atom stereocenters. The maximum absolute atomic E-state index is 4.23. The molecule has 0 radical (unpaired) electrons. The molecule has 6 heteroatoms. The number of nitrogens with one attached hydrogen (secondary N) is 1. The molecule has 0 fully saturated rings. The Balaban J connectivity index is 1.75. The van der Waals surface area contributed by atoms with Gasteiger partial charge < -0.3 is 5.32 Å². The number of aromatic nitrogens is 5. The summed E-state index contributed by atoms with van der Waals surface area (Å²) >= 11 is 0. The van der Waals surface area contributed by atoms with Crippen molar-refractivity contribution in [3.05, 3.63) is 55.1 Å². The van der Waals surface area contributed by atoms with Crippen LogP contribution in [0, 0.1) is 0 Å². The maximum atomic E-state index is 4.23. The van der Waals surface area contributed by atoms with Crippen molar-refractivity contribution < 1.29 is 0 Å². The van der Waals surface area contributed by atoms with E-state index in [0.717, 1.165) is 22.6 Å². The van der Waals surface area contributed by atoms with Crippen LogP contribution in [0.5, 0.6) is 0 Å². The first-order valence-electron chi connectivity index (χ1n) is 6.25. The highest BCUT2D eigenvalue weighted by Crippen LogP contribution is 2.21. The molecule has 0 bridgehead atoms. The lowest BCUT2D eigenvalue weighted by Crippen LogP contribution is -2.02. The molecule has 0 saturated carbocycles. The summed E-state index contributed by atoms with van der Waals surface area (Å²) in [4.78, 5) is 12.2. The van der Waals surface area contributed by atoms with Gasteiger partial charge in [0, 0.05) is 30.7 Å². The molecule has 2 heterocycles. The fourth-order valence-electron chi connectivity index (χ4n) is 1.90. The van der Waals surface area contributed by atoms with Crippen LogP contribution in [0.3, 0.4) is 0 Å². The average Bonchev–Trinajstić information content (AvgIpc) is 2.92. The topological polar surface area (TPSA) is 68.5 Å². The largest absolute Gasteiger partial charge is 0.378 e. The highest BCUT2D eigenvalue weighted by molar-refractivity contribution is 5.66. The Morgan fingerprint density at radius 3 is 2.75 bits per heavy atom. The minimum atomic E-state index is 0.593. The molecule has 0 unspecified atom stereocenters. The SMILES string of the molecule is Cn1cnc(CNc2cccc(-c3cncnc3)c2)n1. The average molecular weight is 266 g/mol. The Kier molecular flexibility index (Phi) is 3.36. The summed E-state index contributed by atoms with van der Waals surface area (Å²) in [5, 5.41) is 7.53. The van der Waals surface area contributed by atoms with E-state index in [9.17, 15) is 0 Å². The van der Waals surface area contributed by atoms with E-state index < -0.39 is 0 Å². The monoisotopic (exact) mass is 266 g/mol. The number of aryl methyl sites for hydroxylation is 1. The van der Waals surface area contributed by atoms with Crippen molar-refractivity contribution >= 4 is 5.69 Å². The van der Waals surface area contributed by atoms with Crippen LogP contribution < -0.4 is 5.32 Å². The van der Waals surface area contributed by atoms with E-state index in [1.807, 2.05) is 25.2 Å². The van der Waals surface area contributed by atoms with Crippen molar-refractivity contribution in [2.45, 2.75) is 6.54 Å². The zero-order chi connectivity index (χ0) is 13.8. The fraction of sp³-hybridized carbons (Fsp3) is 0.143. The predicted octanol–water partition coefficient (Wildman–Crippen LogP) is 1.88. The number of hydrogen-bond donors (Lipinski definition) is 1. The van der Waals surface area contributed by atoms with Crippen LogP contribution in [0.25, 0.3) is 11.1 Å². The van der Waals surface area contributed by atoms with Crippen LogP contribution in [-0.4, -0.2) is 24.7 Å².